The van der Waals surface area contributed by atoms with Crippen molar-refractivity contribution in [2.45, 2.75) is 30.7 Å². The summed E-state index contributed by atoms with van der Waals surface area (Å²) in [7, 11) is -3.74. The van der Waals surface area contributed by atoms with Crippen LogP contribution >= 0.6 is 0 Å². The number of nitrogens with one attached hydrogen (secondary N) is 1. The Hall–Kier alpha value is -2.31. The van der Waals surface area contributed by atoms with Gasteiger partial charge in [0, 0.05) is 17.6 Å². The summed E-state index contributed by atoms with van der Waals surface area (Å²) in [5.74, 6) is -0.295. The zero-order valence-electron chi connectivity index (χ0n) is 13.7. The van der Waals surface area contributed by atoms with Gasteiger partial charge in [-0.15, -0.1) is 0 Å². The lowest BCUT2D eigenvalue weighted by atomic mass is 10.1. The van der Waals surface area contributed by atoms with E-state index in [9.17, 15) is 12.8 Å². The number of aromatic nitrogens is 1. The van der Waals surface area contributed by atoms with Gasteiger partial charge in [-0.3, -0.25) is 4.98 Å². The normalized spacial score (nSPS) is 17.0. The molecule has 3 aromatic rings. The van der Waals surface area contributed by atoms with Crippen LogP contribution in [0.5, 0.6) is 0 Å². The number of halogens is 1. The van der Waals surface area contributed by atoms with Crippen molar-refractivity contribution in [3.63, 3.8) is 0 Å². The van der Waals surface area contributed by atoms with Gasteiger partial charge in [0.15, 0.2) is 0 Å². The number of hydrogen-bond donors (Lipinski definition) is 1. The van der Waals surface area contributed by atoms with Gasteiger partial charge in [-0.05, 0) is 60.7 Å². The molecule has 1 aliphatic rings. The fourth-order valence-electron chi connectivity index (χ4n) is 3.42. The molecule has 0 radical (unpaired) electrons. The van der Waals surface area contributed by atoms with E-state index in [0.717, 1.165) is 22.1 Å². The maximum Gasteiger partial charge on any atom is 0.243 e. The lowest BCUT2D eigenvalue weighted by molar-refractivity contribution is 0.555. The summed E-state index contributed by atoms with van der Waals surface area (Å²) in [6, 6.07) is 11.2. The van der Waals surface area contributed by atoms with Crippen LogP contribution in [0.4, 0.5) is 4.39 Å². The molecular weight excluding hydrogens is 339 g/mol. The first kappa shape index (κ1) is 16.2. The second-order valence-electron chi connectivity index (χ2n) is 6.40. The van der Waals surface area contributed by atoms with Gasteiger partial charge < -0.3 is 0 Å². The van der Waals surface area contributed by atoms with Gasteiger partial charge in [0.25, 0.3) is 0 Å². The van der Waals surface area contributed by atoms with Crippen LogP contribution in [0.15, 0.2) is 53.6 Å². The van der Waals surface area contributed by atoms with Crippen molar-refractivity contribution in [1.82, 2.24) is 9.71 Å². The minimum atomic E-state index is -3.74. The van der Waals surface area contributed by atoms with Crippen molar-refractivity contribution in [2.24, 2.45) is 0 Å². The van der Waals surface area contributed by atoms with Gasteiger partial charge in [-0.2, -0.15) is 0 Å². The number of hydrogen-bond acceptors (Lipinski definition) is 3. The van der Waals surface area contributed by atoms with Gasteiger partial charge in [0.2, 0.25) is 10.0 Å². The highest BCUT2D eigenvalue weighted by Gasteiger charge is 2.28. The third-order valence-electron chi connectivity index (χ3n) is 4.58. The quantitative estimate of drug-likeness (QED) is 0.779. The maximum absolute atomic E-state index is 13.4. The fraction of sp³-hybridized carbons (Fsp3) is 0.211. The Morgan fingerprint density at radius 3 is 2.88 bits per heavy atom. The number of sulfonamides is 1. The number of benzene rings is 2. The number of pyridine rings is 1. The summed E-state index contributed by atoms with van der Waals surface area (Å²) in [5, 5.41) is 0.789. The summed E-state index contributed by atoms with van der Waals surface area (Å²) in [4.78, 5) is 4.48. The molecule has 4 rings (SSSR count). The molecule has 6 heteroatoms. The van der Waals surface area contributed by atoms with Gasteiger partial charge in [-0.1, -0.05) is 18.2 Å². The highest BCUT2D eigenvalue weighted by atomic mass is 32.2. The average Bonchev–Trinajstić information content (AvgIpc) is 2.95. The Morgan fingerprint density at radius 1 is 1.20 bits per heavy atom. The SMILES string of the molecule is Cc1cnc2c(S(=O)(=O)N[C@H]3CCc4cc(F)ccc43)cccc2c1. The molecule has 0 amide bonds. The van der Waals surface area contributed by atoms with Crippen molar-refractivity contribution in [3.05, 3.63) is 71.2 Å². The van der Waals surface area contributed by atoms with Crippen molar-refractivity contribution in [2.75, 3.05) is 0 Å². The standard InChI is InChI=1S/C19H17FN2O2S/c1-12-9-14-3-2-4-18(19(14)21-11-12)25(23,24)22-17-8-5-13-10-15(20)6-7-16(13)17/h2-4,6-7,9-11,17,22H,5,8H2,1H3/t17-/m0/s1. The zero-order chi connectivity index (χ0) is 17.6. The van der Waals surface area contributed by atoms with E-state index in [4.69, 9.17) is 0 Å². The van der Waals surface area contributed by atoms with Crippen molar-refractivity contribution >= 4 is 20.9 Å². The molecule has 0 spiro atoms. The topological polar surface area (TPSA) is 59.1 Å². The molecule has 4 nitrogen and oxygen atoms in total. The molecule has 1 atom stereocenters. The van der Waals surface area contributed by atoms with E-state index in [1.807, 2.05) is 19.1 Å². The molecule has 1 aliphatic carbocycles. The molecule has 0 aliphatic heterocycles. The molecule has 0 unspecified atom stereocenters. The van der Waals surface area contributed by atoms with Crippen LogP contribution in [0.1, 0.15) is 29.2 Å². The van der Waals surface area contributed by atoms with Crippen LogP contribution in [0.25, 0.3) is 10.9 Å². The summed E-state index contributed by atoms with van der Waals surface area (Å²) in [6.07, 6.45) is 2.94. The Morgan fingerprint density at radius 2 is 2.04 bits per heavy atom. The lowest BCUT2D eigenvalue weighted by Crippen LogP contribution is -2.27. The van der Waals surface area contributed by atoms with E-state index in [1.165, 1.54) is 12.1 Å². The maximum atomic E-state index is 13.4. The van der Waals surface area contributed by atoms with Crippen molar-refractivity contribution < 1.29 is 12.8 Å². The Labute approximate surface area is 145 Å². The van der Waals surface area contributed by atoms with Crippen LogP contribution < -0.4 is 4.72 Å². The first-order valence-corrected chi connectivity index (χ1v) is 9.58. The average molecular weight is 356 g/mol. The van der Waals surface area contributed by atoms with E-state index in [1.54, 1.807) is 24.4 Å². The summed E-state index contributed by atoms with van der Waals surface area (Å²) < 4.78 is 42.0. The first-order chi connectivity index (χ1) is 11.9. The van der Waals surface area contributed by atoms with Crippen LogP contribution in [0, 0.1) is 12.7 Å². The van der Waals surface area contributed by atoms with E-state index >= 15 is 0 Å². The number of rotatable bonds is 3. The molecule has 1 N–H and O–H groups in total. The second-order valence-corrected chi connectivity index (χ2v) is 8.08. The number of aryl methyl sites for hydroxylation is 2. The molecule has 1 aromatic heterocycles. The lowest BCUT2D eigenvalue weighted by Gasteiger charge is -2.15. The van der Waals surface area contributed by atoms with Gasteiger partial charge in [0.1, 0.15) is 10.7 Å². The third kappa shape index (κ3) is 2.92. The summed E-state index contributed by atoms with van der Waals surface area (Å²) in [5.41, 5.74) is 3.13. The predicted molar refractivity (Wildman–Crippen MR) is 94.3 cm³/mol. The van der Waals surface area contributed by atoms with Crippen molar-refractivity contribution in [3.8, 4) is 0 Å². The Kier molecular flexibility index (Phi) is 3.81. The van der Waals surface area contributed by atoms with Crippen LogP contribution in [-0.4, -0.2) is 13.4 Å². The van der Waals surface area contributed by atoms with Gasteiger partial charge in [0.05, 0.1) is 5.52 Å². The molecule has 0 fully saturated rings. The third-order valence-corrected chi connectivity index (χ3v) is 6.08. The zero-order valence-corrected chi connectivity index (χ0v) is 14.5. The van der Waals surface area contributed by atoms with E-state index in [-0.39, 0.29) is 16.8 Å². The number of para-hydroxylation sites is 1. The Balaban J connectivity index is 1.73. The fourth-order valence-corrected chi connectivity index (χ4v) is 4.85. The molecule has 128 valence electrons. The summed E-state index contributed by atoms with van der Waals surface area (Å²) >= 11 is 0. The minimum absolute atomic E-state index is 0.167. The molecule has 2 aromatic carbocycles. The van der Waals surface area contributed by atoms with Crippen LogP contribution in [0.2, 0.25) is 0 Å². The van der Waals surface area contributed by atoms with Gasteiger partial charge in [-0.25, -0.2) is 17.5 Å². The molecule has 0 saturated heterocycles. The molecule has 0 bridgehead atoms. The minimum Gasteiger partial charge on any atom is -0.255 e. The second kappa shape index (κ2) is 5.89. The highest BCUT2D eigenvalue weighted by molar-refractivity contribution is 7.89. The molecule has 1 heterocycles. The van der Waals surface area contributed by atoms with E-state index < -0.39 is 10.0 Å². The smallest absolute Gasteiger partial charge is 0.243 e. The number of nitrogens with zero attached hydrogens (tertiary/aromatic N) is 1. The number of fused-ring (bicyclic) bond motifs is 2. The first-order valence-electron chi connectivity index (χ1n) is 8.10. The van der Waals surface area contributed by atoms with Crippen LogP contribution in [0.3, 0.4) is 0 Å². The van der Waals surface area contributed by atoms with E-state index in [0.29, 0.717) is 18.4 Å². The highest BCUT2D eigenvalue weighted by Crippen LogP contribution is 2.33. The monoisotopic (exact) mass is 356 g/mol. The Bertz CT molecular complexity index is 1080. The van der Waals surface area contributed by atoms with Gasteiger partial charge >= 0.3 is 0 Å². The largest absolute Gasteiger partial charge is 0.255 e. The molecule has 0 saturated carbocycles. The molecule has 25 heavy (non-hydrogen) atoms. The summed E-state index contributed by atoms with van der Waals surface area (Å²) in [6.45, 7) is 1.92. The van der Waals surface area contributed by atoms with Crippen molar-refractivity contribution in [1.29, 1.82) is 0 Å². The van der Waals surface area contributed by atoms with Crippen LogP contribution in [-0.2, 0) is 16.4 Å². The predicted octanol–water partition coefficient (Wildman–Crippen LogP) is 3.65. The molecular formula is C19H17FN2O2S. The van der Waals surface area contributed by atoms with E-state index in [2.05, 4.69) is 9.71 Å².